The second-order valence-electron chi connectivity index (χ2n) is 13.7. The number of Topliss-reactive ketones (excluding diaryl/α,β-unsaturated/α-hetero) is 2. The summed E-state index contributed by atoms with van der Waals surface area (Å²) in [5.74, 6) is -0.472. The molecule has 0 bridgehead atoms. The zero-order chi connectivity index (χ0) is 38.8. The van der Waals surface area contributed by atoms with Crippen LogP contribution in [0.3, 0.4) is 0 Å². The van der Waals surface area contributed by atoms with Gasteiger partial charge in [-0.15, -0.1) is 12.4 Å². The Morgan fingerprint density at radius 3 is 2.22 bits per heavy atom. The summed E-state index contributed by atoms with van der Waals surface area (Å²) in [5, 5.41) is 3.20. The second-order valence-corrected chi connectivity index (χ2v) is 14.7. The van der Waals surface area contributed by atoms with Gasteiger partial charge >= 0.3 is 0 Å². The lowest BCUT2D eigenvalue weighted by molar-refractivity contribution is -0.134. The Kier molecular flexibility index (Phi) is 15.6. The van der Waals surface area contributed by atoms with Crippen molar-refractivity contribution >= 4 is 57.7 Å². The fraction of sp³-hybridized carbons (Fsp3) is 0.390. The minimum absolute atomic E-state index is 0. The maximum absolute atomic E-state index is 15.4. The van der Waals surface area contributed by atoms with Crippen LogP contribution in [0.4, 0.5) is 8.78 Å². The number of unbranched alkanes of at least 4 members (excludes halogenated alkanes) is 2. The number of halogens is 3. The number of carbonyl (C=O) groups is 4. The number of nitrogens with one attached hydrogen (secondary N) is 1. The zero-order valence-corrected chi connectivity index (χ0v) is 32.7. The summed E-state index contributed by atoms with van der Waals surface area (Å²) in [6.07, 6.45) is 4.63. The Morgan fingerprint density at radius 1 is 0.873 bits per heavy atom. The number of amides is 1. The number of pyridine rings is 1. The number of rotatable bonds is 20. The lowest BCUT2D eigenvalue weighted by Crippen LogP contribution is -2.35. The molecule has 3 N–H and O–H groups in total. The smallest absolute Gasteiger partial charge is 0.230 e. The highest BCUT2D eigenvalue weighted by Crippen LogP contribution is 2.49. The molecule has 0 spiro atoms. The Bertz CT molecular complexity index is 1990. The van der Waals surface area contributed by atoms with E-state index >= 15 is 4.39 Å². The minimum Gasteiger partial charge on any atom is -0.493 e. The Morgan fingerprint density at radius 2 is 1.56 bits per heavy atom. The third-order valence-corrected chi connectivity index (χ3v) is 10.4. The van der Waals surface area contributed by atoms with Gasteiger partial charge in [-0.1, -0.05) is 43.8 Å². The molecule has 10 nitrogen and oxygen atoms in total. The maximum atomic E-state index is 15.4. The predicted octanol–water partition coefficient (Wildman–Crippen LogP) is 7.35. The van der Waals surface area contributed by atoms with Gasteiger partial charge in [0, 0.05) is 37.0 Å². The number of thioether (sulfide) groups is 1. The van der Waals surface area contributed by atoms with E-state index in [2.05, 4.69) is 10.3 Å². The Labute approximate surface area is 329 Å². The van der Waals surface area contributed by atoms with E-state index in [4.69, 9.17) is 19.9 Å². The molecule has 0 saturated heterocycles. The molecular weight excluding hydrogens is 752 g/mol. The number of ether oxygens (including phenoxy) is 3. The SMILES string of the molecule is COc1cc2c(Oc3ccc(CC(=O)C4(C(=O)Cc5ccc(F)cc5)CC4)cc3F)ccnc2cc1OCCCCCNC(=O)CSC(=O)[C@@H](N)C(C)C.Cl. The summed E-state index contributed by atoms with van der Waals surface area (Å²) in [7, 11) is 1.51. The first-order chi connectivity index (χ1) is 25.9. The molecule has 1 aliphatic carbocycles. The number of hydrogen-bond donors (Lipinski definition) is 2. The number of fused-ring (bicyclic) bond motifs is 1. The van der Waals surface area contributed by atoms with Crippen LogP contribution in [0, 0.1) is 23.0 Å². The van der Waals surface area contributed by atoms with Gasteiger partial charge < -0.3 is 25.3 Å². The van der Waals surface area contributed by atoms with Gasteiger partial charge in [-0.3, -0.25) is 24.2 Å². The molecule has 1 heterocycles. The van der Waals surface area contributed by atoms with Crippen molar-refractivity contribution in [2.45, 2.75) is 64.8 Å². The quantitative estimate of drug-likeness (QED) is 0.0688. The van der Waals surface area contributed by atoms with E-state index in [-0.39, 0.29) is 65.3 Å². The maximum Gasteiger partial charge on any atom is 0.230 e. The topological polar surface area (TPSA) is 147 Å². The van der Waals surface area contributed by atoms with Gasteiger partial charge in [-0.25, -0.2) is 8.78 Å². The molecule has 0 aliphatic heterocycles. The summed E-state index contributed by atoms with van der Waals surface area (Å²) >= 11 is 0.939. The van der Waals surface area contributed by atoms with Crippen LogP contribution in [-0.4, -0.2) is 59.6 Å². The van der Waals surface area contributed by atoms with Crippen LogP contribution in [0.2, 0.25) is 0 Å². The largest absolute Gasteiger partial charge is 0.493 e. The van der Waals surface area contributed by atoms with E-state index in [0.717, 1.165) is 31.0 Å². The van der Waals surface area contributed by atoms with Crippen LogP contribution in [0.5, 0.6) is 23.0 Å². The molecule has 3 aromatic carbocycles. The molecule has 294 valence electrons. The van der Waals surface area contributed by atoms with Crippen LogP contribution in [0.25, 0.3) is 10.9 Å². The molecule has 5 rings (SSSR count). The van der Waals surface area contributed by atoms with Crippen molar-refractivity contribution in [2.24, 2.45) is 17.1 Å². The molecule has 4 aromatic rings. The van der Waals surface area contributed by atoms with E-state index in [1.807, 2.05) is 13.8 Å². The molecule has 0 unspecified atom stereocenters. The summed E-state index contributed by atoms with van der Waals surface area (Å²) in [4.78, 5) is 54.7. The van der Waals surface area contributed by atoms with Crippen molar-refractivity contribution in [1.82, 2.24) is 10.3 Å². The van der Waals surface area contributed by atoms with Gasteiger partial charge in [0.25, 0.3) is 0 Å². The fourth-order valence-corrected chi connectivity index (χ4v) is 6.70. The number of ketones is 2. The van der Waals surface area contributed by atoms with E-state index < -0.39 is 23.1 Å². The highest BCUT2D eigenvalue weighted by atomic mass is 35.5. The van der Waals surface area contributed by atoms with E-state index in [1.165, 1.54) is 49.7 Å². The van der Waals surface area contributed by atoms with Crippen LogP contribution in [0.1, 0.15) is 57.1 Å². The lowest BCUT2D eigenvalue weighted by Gasteiger charge is -2.15. The van der Waals surface area contributed by atoms with E-state index in [0.29, 0.717) is 65.3 Å². The van der Waals surface area contributed by atoms with E-state index in [9.17, 15) is 23.6 Å². The lowest BCUT2D eigenvalue weighted by atomic mass is 9.88. The predicted molar refractivity (Wildman–Crippen MR) is 210 cm³/mol. The van der Waals surface area contributed by atoms with Crippen molar-refractivity contribution in [3.8, 4) is 23.0 Å². The summed E-state index contributed by atoms with van der Waals surface area (Å²) < 4.78 is 46.2. The van der Waals surface area contributed by atoms with Crippen molar-refractivity contribution in [1.29, 1.82) is 0 Å². The van der Waals surface area contributed by atoms with Gasteiger partial charge in [0.2, 0.25) is 11.0 Å². The molecule has 1 atom stereocenters. The van der Waals surface area contributed by atoms with Gasteiger partial charge in [-0.2, -0.15) is 0 Å². The number of benzene rings is 3. The van der Waals surface area contributed by atoms with E-state index in [1.54, 1.807) is 24.3 Å². The minimum atomic E-state index is -1.08. The number of nitrogens with zero attached hydrogens (tertiary/aromatic N) is 1. The first kappa shape index (κ1) is 43.1. The van der Waals surface area contributed by atoms with Crippen molar-refractivity contribution in [2.75, 3.05) is 26.0 Å². The van der Waals surface area contributed by atoms with Crippen molar-refractivity contribution < 1.29 is 42.2 Å². The zero-order valence-electron chi connectivity index (χ0n) is 31.0. The molecule has 1 aromatic heterocycles. The molecule has 1 aliphatic rings. The number of carbonyl (C=O) groups excluding carboxylic acids is 4. The van der Waals surface area contributed by atoms with Crippen LogP contribution >= 0.6 is 24.2 Å². The summed E-state index contributed by atoms with van der Waals surface area (Å²) in [5.41, 5.74) is 6.35. The number of nitrogens with two attached hydrogens (primary N) is 1. The highest BCUT2D eigenvalue weighted by molar-refractivity contribution is 8.14. The first-order valence-corrected chi connectivity index (χ1v) is 18.9. The molecule has 1 fully saturated rings. The van der Waals surface area contributed by atoms with Gasteiger partial charge in [-0.05, 0) is 85.5 Å². The van der Waals surface area contributed by atoms with Crippen molar-refractivity contribution in [3.63, 3.8) is 0 Å². The monoisotopic (exact) mass is 797 g/mol. The standard InChI is InChI=1S/C41H45F2N3O7S.ClH/c1-25(2)39(44)40(50)54-24-38(49)46-16-5-4-6-18-52-35-23-31-29(22-34(35)51-3)32(13-17-45-31)53-33-12-9-27(19-30(33)43)21-37(48)41(14-15-41)36(47)20-26-7-10-28(42)11-8-26;/h7-13,17,19,22-23,25,39H,4-6,14-16,18,20-21,24,44H2,1-3H3,(H,46,49);1H/t39-;/m0./s1. The third-order valence-electron chi connectivity index (χ3n) is 9.40. The summed E-state index contributed by atoms with van der Waals surface area (Å²) in [6, 6.07) is 14.4. The van der Waals surface area contributed by atoms with Gasteiger partial charge in [0.15, 0.2) is 34.6 Å². The third kappa shape index (κ3) is 11.5. The number of methoxy groups -OCH3 is 1. The average molecular weight is 798 g/mol. The molecular formula is C41H46ClF2N3O7S. The molecule has 14 heteroatoms. The Balaban J connectivity index is 0.00000673. The Hall–Kier alpha value is -4.59. The second kappa shape index (κ2) is 19.8. The van der Waals surface area contributed by atoms with Crippen LogP contribution in [-0.2, 0) is 32.0 Å². The first-order valence-electron chi connectivity index (χ1n) is 18.0. The molecule has 55 heavy (non-hydrogen) atoms. The number of aromatic nitrogens is 1. The molecule has 1 amide bonds. The fourth-order valence-electron chi connectivity index (χ4n) is 5.86. The van der Waals surface area contributed by atoms with Gasteiger partial charge in [0.05, 0.1) is 36.4 Å². The average Bonchev–Trinajstić information content (AvgIpc) is 3.97. The number of hydrogen-bond acceptors (Lipinski definition) is 10. The highest BCUT2D eigenvalue weighted by Gasteiger charge is 2.54. The van der Waals surface area contributed by atoms with Gasteiger partial charge in [0.1, 0.15) is 11.6 Å². The molecule has 1 saturated carbocycles. The summed E-state index contributed by atoms with van der Waals surface area (Å²) in [6.45, 7) is 4.61. The van der Waals surface area contributed by atoms with Crippen LogP contribution in [0.15, 0.2) is 66.9 Å². The normalized spacial score (nSPS) is 13.4. The van der Waals surface area contributed by atoms with Crippen LogP contribution < -0.4 is 25.3 Å². The molecule has 0 radical (unpaired) electrons. The van der Waals surface area contributed by atoms with Crippen molar-refractivity contribution in [3.05, 3.63) is 89.6 Å².